The Kier molecular flexibility index (Phi) is 3.01. The molecule has 1 aromatic rings. The molecule has 0 spiro atoms. The van der Waals surface area contributed by atoms with E-state index in [-0.39, 0.29) is 5.75 Å². The summed E-state index contributed by atoms with van der Waals surface area (Å²) in [5.41, 5.74) is 0.558. The molecule has 0 radical (unpaired) electrons. The summed E-state index contributed by atoms with van der Waals surface area (Å²) >= 11 is 0. The maximum absolute atomic E-state index is 13.4. The van der Waals surface area contributed by atoms with Gasteiger partial charge in [-0.25, -0.2) is 12.8 Å². The van der Waals surface area contributed by atoms with Gasteiger partial charge in [-0.2, -0.15) is 0 Å². The van der Waals surface area contributed by atoms with E-state index < -0.39 is 19.8 Å². The van der Waals surface area contributed by atoms with Crippen molar-refractivity contribution in [2.24, 2.45) is 0 Å². The second kappa shape index (κ2) is 3.74. The molecule has 0 amide bonds. The van der Waals surface area contributed by atoms with Crippen molar-refractivity contribution in [1.29, 1.82) is 0 Å². The predicted octanol–water partition coefficient (Wildman–Crippen LogP) is 2.07. The van der Waals surface area contributed by atoms with Gasteiger partial charge in [0.15, 0.2) is 11.6 Å². The molecule has 3 nitrogen and oxygen atoms in total. The zero-order valence-corrected chi connectivity index (χ0v) is 9.12. The molecule has 78 valence electrons. The van der Waals surface area contributed by atoms with E-state index in [4.69, 9.17) is 10.7 Å². The average Bonchev–Trinajstić information content (AvgIpc) is 2.06. The van der Waals surface area contributed by atoms with Crippen LogP contribution >= 0.6 is 10.7 Å². The van der Waals surface area contributed by atoms with Gasteiger partial charge in [0.2, 0.25) is 0 Å². The van der Waals surface area contributed by atoms with Crippen LogP contribution in [0.5, 0.6) is 5.75 Å². The molecule has 14 heavy (non-hydrogen) atoms. The average molecular weight is 239 g/mol. The topological polar surface area (TPSA) is 43.4 Å². The fourth-order valence-corrected chi connectivity index (χ4v) is 2.01. The molecule has 0 aliphatic heterocycles. The molecule has 0 unspecified atom stereocenters. The van der Waals surface area contributed by atoms with Crippen molar-refractivity contribution in [1.82, 2.24) is 0 Å². The van der Waals surface area contributed by atoms with Gasteiger partial charge in [0.1, 0.15) is 4.90 Å². The van der Waals surface area contributed by atoms with Crippen LogP contribution in [-0.4, -0.2) is 15.5 Å². The number of aryl methyl sites for hydroxylation is 1. The molecular formula is C8H8ClFO3S. The summed E-state index contributed by atoms with van der Waals surface area (Å²) in [4.78, 5) is -0.559. The Hall–Kier alpha value is -0.810. The maximum atomic E-state index is 13.4. The summed E-state index contributed by atoms with van der Waals surface area (Å²) in [6.45, 7) is 1.62. The maximum Gasteiger partial charge on any atom is 0.264 e. The molecule has 1 rings (SSSR count). The quantitative estimate of drug-likeness (QED) is 0.741. The van der Waals surface area contributed by atoms with E-state index in [0.29, 0.717) is 5.56 Å². The van der Waals surface area contributed by atoms with Crippen molar-refractivity contribution in [3.63, 3.8) is 0 Å². The highest BCUT2D eigenvalue weighted by Crippen LogP contribution is 2.27. The monoisotopic (exact) mass is 238 g/mol. The van der Waals surface area contributed by atoms with Gasteiger partial charge in [-0.3, -0.25) is 0 Å². The number of hydrogen-bond acceptors (Lipinski definition) is 3. The number of hydrogen-bond donors (Lipinski definition) is 0. The lowest BCUT2D eigenvalue weighted by Crippen LogP contribution is -1.99. The van der Waals surface area contributed by atoms with E-state index >= 15 is 0 Å². The third-order valence-corrected chi connectivity index (χ3v) is 2.95. The zero-order valence-electron chi connectivity index (χ0n) is 7.54. The molecule has 1 aromatic carbocycles. The highest BCUT2D eigenvalue weighted by molar-refractivity contribution is 8.13. The molecule has 6 heteroatoms. The Morgan fingerprint density at radius 3 is 2.43 bits per heavy atom. The molecule has 0 aliphatic rings. The van der Waals surface area contributed by atoms with E-state index in [1.165, 1.54) is 13.2 Å². The van der Waals surface area contributed by atoms with E-state index in [2.05, 4.69) is 4.74 Å². The van der Waals surface area contributed by atoms with Crippen molar-refractivity contribution in [2.45, 2.75) is 11.8 Å². The van der Waals surface area contributed by atoms with Gasteiger partial charge in [-0.15, -0.1) is 0 Å². The van der Waals surface area contributed by atoms with E-state index in [1.807, 2.05) is 0 Å². The van der Waals surface area contributed by atoms with Crippen LogP contribution in [0.3, 0.4) is 0 Å². The van der Waals surface area contributed by atoms with Gasteiger partial charge in [0.25, 0.3) is 9.05 Å². The van der Waals surface area contributed by atoms with Crippen molar-refractivity contribution in [3.05, 3.63) is 23.5 Å². The highest BCUT2D eigenvalue weighted by Gasteiger charge is 2.20. The van der Waals surface area contributed by atoms with Crippen molar-refractivity contribution >= 4 is 19.7 Å². The molecule has 0 N–H and O–H groups in total. The third-order valence-electron chi connectivity index (χ3n) is 1.63. The normalized spacial score (nSPS) is 11.4. The van der Waals surface area contributed by atoms with Gasteiger partial charge in [-0.05, 0) is 24.6 Å². The summed E-state index contributed by atoms with van der Waals surface area (Å²) < 4.78 is 39.9. The minimum Gasteiger partial charge on any atom is -0.494 e. The Labute approximate surface area is 85.9 Å². The lowest BCUT2D eigenvalue weighted by Gasteiger charge is -2.06. The molecule has 0 fully saturated rings. The second-order valence-corrected chi connectivity index (χ2v) is 5.25. The highest BCUT2D eigenvalue weighted by atomic mass is 35.7. The fraction of sp³-hybridized carbons (Fsp3) is 0.250. The van der Waals surface area contributed by atoms with Crippen LogP contribution in [0.15, 0.2) is 17.0 Å². The van der Waals surface area contributed by atoms with Crippen LogP contribution in [0.1, 0.15) is 5.56 Å². The number of benzene rings is 1. The van der Waals surface area contributed by atoms with Gasteiger partial charge < -0.3 is 4.74 Å². The number of halogens is 2. The smallest absolute Gasteiger partial charge is 0.264 e. The first-order valence-electron chi connectivity index (χ1n) is 3.65. The van der Waals surface area contributed by atoms with Crippen LogP contribution in [0.2, 0.25) is 0 Å². The van der Waals surface area contributed by atoms with Crippen LogP contribution < -0.4 is 4.74 Å². The van der Waals surface area contributed by atoms with Crippen molar-refractivity contribution < 1.29 is 17.5 Å². The summed E-state index contributed by atoms with van der Waals surface area (Å²) in [6.07, 6.45) is 0. The van der Waals surface area contributed by atoms with Crippen LogP contribution in [-0.2, 0) is 9.05 Å². The molecule has 0 saturated heterocycles. The van der Waals surface area contributed by atoms with Gasteiger partial charge in [-0.1, -0.05) is 0 Å². The van der Waals surface area contributed by atoms with Crippen LogP contribution in [0, 0.1) is 12.7 Å². The first-order valence-corrected chi connectivity index (χ1v) is 5.96. The molecule has 0 saturated carbocycles. The molecule has 0 aromatic heterocycles. The second-order valence-electron chi connectivity index (χ2n) is 2.72. The first kappa shape index (κ1) is 11.3. The minimum atomic E-state index is -4.07. The van der Waals surface area contributed by atoms with Gasteiger partial charge in [0, 0.05) is 10.7 Å². The van der Waals surface area contributed by atoms with Crippen LogP contribution in [0.4, 0.5) is 4.39 Å². The number of ether oxygens (including phenoxy) is 1. The first-order chi connectivity index (χ1) is 6.36. The Morgan fingerprint density at radius 2 is 2.00 bits per heavy atom. The molecule has 0 aliphatic carbocycles. The van der Waals surface area contributed by atoms with E-state index in [0.717, 1.165) is 6.07 Å². The Bertz CT molecular complexity index is 456. The summed E-state index contributed by atoms with van der Waals surface area (Å²) in [5, 5.41) is 0. The zero-order chi connectivity index (χ0) is 10.9. The number of methoxy groups -OCH3 is 1. The Balaban J connectivity index is 3.53. The summed E-state index contributed by atoms with van der Waals surface area (Å²) in [7, 11) is 2.22. The van der Waals surface area contributed by atoms with E-state index in [9.17, 15) is 12.8 Å². The standard InChI is InChI=1S/C8H8ClFO3S/c1-5-3-6(13-2)8(10)7(4-5)14(9,11)12/h3-4H,1-2H3. The minimum absolute atomic E-state index is 0.135. The SMILES string of the molecule is COc1cc(C)cc(S(=O)(=O)Cl)c1F. The third kappa shape index (κ3) is 2.16. The molecule has 0 bridgehead atoms. The molecule has 0 heterocycles. The molecule has 0 atom stereocenters. The lowest BCUT2D eigenvalue weighted by molar-refractivity contribution is 0.380. The summed E-state index contributed by atoms with van der Waals surface area (Å²) in [5.74, 6) is -1.10. The Morgan fingerprint density at radius 1 is 1.43 bits per heavy atom. The van der Waals surface area contributed by atoms with Crippen LogP contribution in [0.25, 0.3) is 0 Å². The van der Waals surface area contributed by atoms with Crippen molar-refractivity contribution in [2.75, 3.05) is 7.11 Å². The number of rotatable bonds is 2. The summed E-state index contributed by atoms with van der Waals surface area (Å²) in [6, 6.07) is 2.54. The predicted molar refractivity (Wildman–Crippen MR) is 50.7 cm³/mol. The lowest BCUT2D eigenvalue weighted by atomic mass is 10.2. The van der Waals surface area contributed by atoms with E-state index in [1.54, 1.807) is 6.92 Å². The van der Waals surface area contributed by atoms with Gasteiger partial charge in [0.05, 0.1) is 7.11 Å². The largest absolute Gasteiger partial charge is 0.494 e. The molecular weight excluding hydrogens is 231 g/mol. The van der Waals surface area contributed by atoms with Gasteiger partial charge >= 0.3 is 0 Å². The fourth-order valence-electron chi connectivity index (χ4n) is 1.03. The van der Waals surface area contributed by atoms with Crippen molar-refractivity contribution in [3.8, 4) is 5.75 Å².